The molecule has 2 fully saturated rings. The zero-order valence-corrected chi connectivity index (χ0v) is 16.0. The van der Waals surface area contributed by atoms with E-state index in [2.05, 4.69) is 32.4 Å². The summed E-state index contributed by atoms with van der Waals surface area (Å²) in [4.78, 5) is 17.2. The first kappa shape index (κ1) is 18.0. The van der Waals surface area contributed by atoms with Gasteiger partial charge in [-0.05, 0) is 44.0 Å². The Labute approximate surface area is 160 Å². The van der Waals surface area contributed by atoms with E-state index < -0.39 is 0 Å². The maximum absolute atomic E-state index is 12.1. The van der Waals surface area contributed by atoms with Gasteiger partial charge in [0.05, 0.1) is 12.1 Å². The molecule has 144 valence electrons. The van der Waals surface area contributed by atoms with Crippen molar-refractivity contribution in [2.45, 2.75) is 45.1 Å². The number of amides is 1. The van der Waals surface area contributed by atoms with Crippen LogP contribution in [0.3, 0.4) is 0 Å². The molecule has 4 rings (SSSR count). The Morgan fingerprint density at radius 1 is 1.15 bits per heavy atom. The van der Waals surface area contributed by atoms with Crippen LogP contribution in [0, 0.1) is 6.92 Å². The van der Waals surface area contributed by atoms with E-state index in [1.54, 1.807) is 6.07 Å². The third kappa shape index (κ3) is 4.50. The second-order valence-electron chi connectivity index (χ2n) is 7.66. The summed E-state index contributed by atoms with van der Waals surface area (Å²) in [6.07, 6.45) is 5.77. The van der Waals surface area contributed by atoms with Crippen molar-refractivity contribution in [2.75, 3.05) is 36.4 Å². The summed E-state index contributed by atoms with van der Waals surface area (Å²) >= 11 is 0. The SMILES string of the molecule is Cc1cc(CC(=O)Nc2ccc(N3CCN(C4CCCC4)CC3)cc2)no1. The summed E-state index contributed by atoms with van der Waals surface area (Å²) in [7, 11) is 0. The van der Waals surface area contributed by atoms with E-state index in [1.807, 2.05) is 19.1 Å². The van der Waals surface area contributed by atoms with E-state index in [4.69, 9.17) is 4.52 Å². The zero-order chi connectivity index (χ0) is 18.6. The second kappa shape index (κ2) is 8.13. The largest absolute Gasteiger partial charge is 0.369 e. The van der Waals surface area contributed by atoms with Crippen LogP contribution in [0.1, 0.15) is 37.1 Å². The highest BCUT2D eigenvalue weighted by Crippen LogP contribution is 2.26. The standard InChI is InChI=1S/C21H28N4O2/c1-16-14-18(23-27-16)15-21(26)22-17-6-8-20(9-7-17)25-12-10-24(11-13-25)19-4-2-3-5-19/h6-9,14,19H,2-5,10-13,15H2,1H3,(H,22,26). The fraction of sp³-hybridized carbons (Fsp3) is 0.524. The van der Waals surface area contributed by atoms with Crippen molar-refractivity contribution in [3.8, 4) is 0 Å². The molecular weight excluding hydrogens is 340 g/mol. The monoisotopic (exact) mass is 368 g/mol. The van der Waals surface area contributed by atoms with Crippen molar-refractivity contribution in [3.63, 3.8) is 0 Å². The quantitative estimate of drug-likeness (QED) is 0.878. The maximum atomic E-state index is 12.1. The van der Waals surface area contributed by atoms with Crippen LogP contribution in [0.15, 0.2) is 34.9 Å². The number of carbonyl (C=O) groups is 1. The van der Waals surface area contributed by atoms with Crippen molar-refractivity contribution in [1.82, 2.24) is 10.1 Å². The van der Waals surface area contributed by atoms with Crippen LogP contribution in [0.5, 0.6) is 0 Å². The Morgan fingerprint density at radius 2 is 1.85 bits per heavy atom. The molecule has 2 heterocycles. The van der Waals surface area contributed by atoms with Crippen LogP contribution in [-0.4, -0.2) is 48.2 Å². The first-order valence-corrected chi connectivity index (χ1v) is 9.98. The number of hydrogen-bond donors (Lipinski definition) is 1. The van der Waals surface area contributed by atoms with Gasteiger partial charge in [-0.1, -0.05) is 18.0 Å². The molecule has 0 radical (unpaired) electrons. The molecule has 1 saturated carbocycles. The molecule has 0 spiro atoms. The molecule has 6 nitrogen and oxygen atoms in total. The number of nitrogens with zero attached hydrogens (tertiary/aromatic N) is 3. The van der Waals surface area contributed by atoms with Gasteiger partial charge in [0, 0.05) is 49.7 Å². The number of anilines is 2. The first-order chi connectivity index (χ1) is 13.2. The average Bonchev–Trinajstić information content (AvgIpc) is 3.34. The average molecular weight is 368 g/mol. The summed E-state index contributed by atoms with van der Waals surface area (Å²) in [6, 6.07) is 10.8. The molecule has 0 bridgehead atoms. The lowest BCUT2D eigenvalue weighted by Gasteiger charge is -2.39. The molecule has 1 aliphatic carbocycles. The lowest BCUT2D eigenvalue weighted by Crippen LogP contribution is -2.49. The lowest BCUT2D eigenvalue weighted by molar-refractivity contribution is -0.115. The molecule has 0 unspecified atom stereocenters. The van der Waals surface area contributed by atoms with Crippen LogP contribution in [0.25, 0.3) is 0 Å². The predicted octanol–water partition coefficient (Wildman–Crippen LogP) is 3.23. The van der Waals surface area contributed by atoms with E-state index in [9.17, 15) is 4.79 Å². The van der Waals surface area contributed by atoms with E-state index >= 15 is 0 Å². The van der Waals surface area contributed by atoms with E-state index in [-0.39, 0.29) is 12.3 Å². The van der Waals surface area contributed by atoms with Crippen molar-refractivity contribution in [3.05, 3.63) is 41.8 Å². The third-order valence-corrected chi connectivity index (χ3v) is 5.69. The Kier molecular flexibility index (Phi) is 5.43. The van der Waals surface area contributed by atoms with Gasteiger partial charge in [0.1, 0.15) is 5.76 Å². The molecule has 2 aromatic rings. The van der Waals surface area contributed by atoms with E-state index in [0.717, 1.165) is 43.7 Å². The summed E-state index contributed by atoms with van der Waals surface area (Å²) in [5.41, 5.74) is 2.70. The number of carbonyl (C=O) groups excluding carboxylic acids is 1. The van der Waals surface area contributed by atoms with Crippen LogP contribution in [0.2, 0.25) is 0 Å². The van der Waals surface area contributed by atoms with Gasteiger partial charge in [0.15, 0.2) is 0 Å². The van der Waals surface area contributed by atoms with Crippen LogP contribution in [0.4, 0.5) is 11.4 Å². The van der Waals surface area contributed by atoms with Gasteiger partial charge in [-0.3, -0.25) is 9.69 Å². The summed E-state index contributed by atoms with van der Waals surface area (Å²) < 4.78 is 5.00. The minimum atomic E-state index is -0.0822. The van der Waals surface area contributed by atoms with Crippen molar-refractivity contribution < 1.29 is 9.32 Å². The Bertz CT molecular complexity index is 757. The van der Waals surface area contributed by atoms with Gasteiger partial charge >= 0.3 is 0 Å². The molecule has 6 heteroatoms. The highest BCUT2D eigenvalue weighted by molar-refractivity contribution is 5.92. The highest BCUT2D eigenvalue weighted by atomic mass is 16.5. The summed E-state index contributed by atoms with van der Waals surface area (Å²) in [6.45, 7) is 6.28. The van der Waals surface area contributed by atoms with Gasteiger partial charge in [0.25, 0.3) is 0 Å². The Morgan fingerprint density at radius 3 is 2.48 bits per heavy atom. The summed E-state index contributed by atoms with van der Waals surface area (Å²) in [5, 5.41) is 6.79. The molecule has 1 N–H and O–H groups in total. The Hall–Kier alpha value is -2.34. The Balaban J connectivity index is 1.28. The second-order valence-corrected chi connectivity index (χ2v) is 7.66. The molecule has 1 aromatic carbocycles. The number of piperazine rings is 1. The van der Waals surface area contributed by atoms with Gasteiger partial charge in [-0.25, -0.2) is 0 Å². The van der Waals surface area contributed by atoms with Crippen LogP contribution >= 0.6 is 0 Å². The molecule has 2 aliphatic rings. The zero-order valence-electron chi connectivity index (χ0n) is 16.0. The number of benzene rings is 1. The van der Waals surface area contributed by atoms with Crippen LogP contribution < -0.4 is 10.2 Å². The number of nitrogens with one attached hydrogen (secondary N) is 1. The third-order valence-electron chi connectivity index (χ3n) is 5.69. The number of rotatable bonds is 5. The smallest absolute Gasteiger partial charge is 0.230 e. The van der Waals surface area contributed by atoms with Gasteiger partial charge in [-0.2, -0.15) is 0 Å². The van der Waals surface area contributed by atoms with E-state index in [0.29, 0.717) is 5.69 Å². The molecule has 1 saturated heterocycles. The van der Waals surface area contributed by atoms with Crippen molar-refractivity contribution in [1.29, 1.82) is 0 Å². The van der Waals surface area contributed by atoms with Crippen molar-refractivity contribution >= 4 is 17.3 Å². The fourth-order valence-electron chi connectivity index (χ4n) is 4.24. The molecule has 1 aliphatic heterocycles. The molecular formula is C21H28N4O2. The minimum absolute atomic E-state index is 0.0822. The molecule has 0 atom stereocenters. The molecule has 1 aromatic heterocycles. The van der Waals surface area contributed by atoms with Crippen molar-refractivity contribution in [2.24, 2.45) is 0 Å². The van der Waals surface area contributed by atoms with Gasteiger partial charge in [0.2, 0.25) is 5.91 Å². The molecule has 27 heavy (non-hydrogen) atoms. The van der Waals surface area contributed by atoms with E-state index in [1.165, 1.54) is 31.4 Å². The van der Waals surface area contributed by atoms with Gasteiger partial charge in [-0.15, -0.1) is 0 Å². The number of aryl methyl sites for hydroxylation is 1. The van der Waals surface area contributed by atoms with Gasteiger partial charge < -0.3 is 14.7 Å². The number of hydrogen-bond acceptors (Lipinski definition) is 5. The highest BCUT2D eigenvalue weighted by Gasteiger charge is 2.26. The predicted molar refractivity (Wildman–Crippen MR) is 106 cm³/mol. The van der Waals surface area contributed by atoms with Crippen LogP contribution in [-0.2, 0) is 11.2 Å². The normalized spacial score (nSPS) is 18.8. The lowest BCUT2D eigenvalue weighted by atomic mass is 10.1. The fourth-order valence-corrected chi connectivity index (χ4v) is 4.24. The molecule has 1 amide bonds. The minimum Gasteiger partial charge on any atom is -0.369 e. The maximum Gasteiger partial charge on any atom is 0.230 e. The first-order valence-electron chi connectivity index (χ1n) is 9.98. The topological polar surface area (TPSA) is 61.6 Å². The number of aromatic nitrogens is 1. The summed E-state index contributed by atoms with van der Waals surface area (Å²) in [5.74, 6) is 0.636.